The van der Waals surface area contributed by atoms with Gasteiger partial charge in [0.05, 0.1) is 5.56 Å². The summed E-state index contributed by atoms with van der Waals surface area (Å²) < 4.78 is 0. The Labute approximate surface area is 93.4 Å². The second-order valence-corrected chi connectivity index (χ2v) is 3.47. The van der Waals surface area contributed by atoms with Crippen LogP contribution >= 0.6 is 11.6 Å². The van der Waals surface area contributed by atoms with Crippen LogP contribution in [-0.4, -0.2) is 22.3 Å². The van der Waals surface area contributed by atoms with Gasteiger partial charge in [-0.3, -0.25) is 4.79 Å². The van der Waals surface area contributed by atoms with Crippen LogP contribution in [0, 0.1) is 0 Å². The van der Waals surface area contributed by atoms with Crippen molar-refractivity contribution in [3.8, 4) is 0 Å². The van der Waals surface area contributed by atoms with Gasteiger partial charge in [-0.15, -0.1) is 6.58 Å². The minimum atomic E-state index is 0.146. The predicted octanol–water partition coefficient (Wildman–Crippen LogP) is 2.32. The lowest BCUT2D eigenvalue weighted by Crippen LogP contribution is -2.16. The molecule has 1 rings (SSSR count). The van der Waals surface area contributed by atoms with Crippen molar-refractivity contribution in [2.24, 2.45) is 0 Å². The molecule has 0 bridgehead atoms. The molecular formula is C10H12ClN3O. The third-order valence-corrected chi connectivity index (χ3v) is 2.16. The molecule has 80 valence electrons. The van der Waals surface area contributed by atoms with Crippen molar-refractivity contribution in [2.75, 3.05) is 5.32 Å². The molecule has 0 aromatic carbocycles. The van der Waals surface area contributed by atoms with Crippen molar-refractivity contribution in [3.63, 3.8) is 0 Å². The standard InChI is InChI=1S/C10H12ClN3O/c1-3-4-7(2)14-10-8(5-15)9(11)12-6-13-10/h3,5-7H,1,4H2,2H3,(H,12,13,14). The maximum absolute atomic E-state index is 10.8. The molecule has 1 aromatic heterocycles. The van der Waals surface area contributed by atoms with Crippen LogP contribution in [0.3, 0.4) is 0 Å². The Balaban J connectivity index is 2.88. The van der Waals surface area contributed by atoms with E-state index in [1.807, 2.05) is 6.92 Å². The zero-order valence-electron chi connectivity index (χ0n) is 8.40. The van der Waals surface area contributed by atoms with Gasteiger partial charge in [0.2, 0.25) is 0 Å². The van der Waals surface area contributed by atoms with Gasteiger partial charge in [-0.2, -0.15) is 0 Å². The first kappa shape index (κ1) is 11.7. The average Bonchev–Trinajstić information content (AvgIpc) is 2.18. The Morgan fingerprint density at radius 2 is 2.40 bits per heavy atom. The van der Waals surface area contributed by atoms with E-state index in [-0.39, 0.29) is 16.8 Å². The predicted molar refractivity (Wildman–Crippen MR) is 60.3 cm³/mol. The third kappa shape index (κ3) is 3.02. The zero-order valence-corrected chi connectivity index (χ0v) is 9.16. The number of halogens is 1. The molecule has 0 amide bonds. The monoisotopic (exact) mass is 225 g/mol. The number of carbonyl (C=O) groups is 1. The van der Waals surface area contributed by atoms with E-state index in [9.17, 15) is 4.79 Å². The normalized spacial score (nSPS) is 11.9. The van der Waals surface area contributed by atoms with Gasteiger partial charge in [0.15, 0.2) is 6.29 Å². The summed E-state index contributed by atoms with van der Waals surface area (Å²) in [7, 11) is 0. The molecule has 0 spiro atoms. The molecule has 0 radical (unpaired) electrons. The lowest BCUT2D eigenvalue weighted by molar-refractivity contribution is 0.112. The van der Waals surface area contributed by atoms with Crippen LogP contribution < -0.4 is 5.32 Å². The average molecular weight is 226 g/mol. The van der Waals surface area contributed by atoms with Gasteiger partial charge in [0.1, 0.15) is 17.3 Å². The van der Waals surface area contributed by atoms with Crippen molar-refractivity contribution < 1.29 is 4.79 Å². The highest BCUT2D eigenvalue weighted by Crippen LogP contribution is 2.18. The molecule has 0 fully saturated rings. The van der Waals surface area contributed by atoms with Gasteiger partial charge < -0.3 is 5.32 Å². The Kier molecular flexibility index (Phi) is 4.24. The molecule has 0 saturated carbocycles. The molecule has 15 heavy (non-hydrogen) atoms. The summed E-state index contributed by atoms with van der Waals surface area (Å²) >= 11 is 5.75. The van der Waals surface area contributed by atoms with E-state index in [1.165, 1.54) is 6.33 Å². The van der Waals surface area contributed by atoms with Crippen LogP contribution in [-0.2, 0) is 0 Å². The maximum atomic E-state index is 10.8. The first-order valence-corrected chi connectivity index (χ1v) is 4.90. The number of hydrogen-bond donors (Lipinski definition) is 1. The minimum absolute atomic E-state index is 0.146. The highest BCUT2D eigenvalue weighted by molar-refractivity contribution is 6.32. The smallest absolute Gasteiger partial charge is 0.156 e. The number of aromatic nitrogens is 2. The fourth-order valence-electron chi connectivity index (χ4n) is 1.14. The van der Waals surface area contributed by atoms with Crippen molar-refractivity contribution in [3.05, 3.63) is 29.7 Å². The summed E-state index contributed by atoms with van der Waals surface area (Å²) in [5.74, 6) is 0.458. The van der Waals surface area contributed by atoms with Crippen molar-refractivity contribution >= 4 is 23.7 Å². The molecule has 1 unspecified atom stereocenters. The van der Waals surface area contributed by atoms with Crippen molar-refractivity contribution in [1.82, 2.24) is 9.97 Å². The van der Waals surface area contributed by atoms with Crippen molar-refractivity contribution in [2.45, 2.75) is 19.4 Å². The number of nitrogens with zero attached hydrogens (tertiary/aromatic N) is 2. The zero-order chi connectivity index (χ0) is 11.3. The number of rotatable bonds is 5. The molecule has 1 atom stereocenters. The molecule has 0 saturated heterocycles. The highest BCUT2D eigenvalue weighted by atomic mass is 35.5. The number of anilines is 1. The maximum Gasteiger partial charge on any atom is 0.156 e. The molecule has 4 nitrogen and oxygen atoms in total. The molecule has 0 aliphatic carbocycles. The lowest BCUT2D eigenvalue weighted by atomic mass is 10.2. The van der Waals surface area contributed by atoms with Crippen molar-refractivity contribution in [1.29, 1.82) is 0 Å². The first-order chi connectivity index (χ1) is 7.19. The van der Waals surface area contributed by atoms with Crippen LogP contribution in [0.1, 0.15) is 23.7 Å². The number of hydrogen-bond acceptors (Lipinski definition) is 4. The van der Waals surface area contributed by atoms with Crippen LogP contribution in [0.15, 0.2) is 19.0 Å². The fraction of sp³-hybridized carbons (Fsp3) is 0.300. The lowest BCUT2D eigenvalue weighted by Gasteiger charge is -2.13. The van der Waals surface area contributed by atoms with E-state index in [4.69, 9.17) is 11.6 Å². The molecular weight excluding hydrogens is 214 g/mol. The number of carbonyl (C=O) groups excluding carboxylic acids is 1. The largest absolute Gasteiger partial charge is 0.367 e. The second-order valence-electron chi connectivity index (χ2n) is 3.11. The minimum Gasteiger partial charge on any atom is -0.367 e. The van der Waals surface area contributed by atoms with Crippen LogP contribution in [0.5, 0.6) is 0 Å². The van der Waals surface area contributed by atoms with Gasteiger partial charge in [0.25, 0.3) is 0 Å². The quantitative estimate of drug-likeness (QED) is 0.475. The Morgan fingerprint density at radius 1 is 1.67 bits per heavy atom. The summed E-state index contributed by atoms with van der Waals surface area (Å²) in [4.78, 5) is 18.5. The number of nitrogens with one attached hydrogen (secondary N) is 1. The molecule has 1 N–H and O–H groups in total. The molecule has 0 aliphatic rings. The van der Waals surface area contributed by atoms with E-state index < -0.39 is 0 Å². The summed E-state index contributed by atoms with van der Waals surface area (Å²) in [6, 6.07) is 0.146. The third-order valence-electron chi connectivity index (χ3n) is 1.86. The Morgan fingerprint density at radius 3 is 3.00 bits per heavy atom. The van der Waals surface area contributed by atoms with Crippen LogP contribution in [0.2, 0.25) is 5.15 Å². The van der Waals surface area contributed by atoms with Gasteiger partial charge in [-0.05, 0) is 13.3 Å². The fourth-order valence-corrected chi connectivity index (χ4v) is 1.31. The molecule has 0 aliphatic heterocycles. The van der Waals surface area contributed by atoms with E-state index >= 15 is 0 Å². The SMILES string of the molecule is C=CCC(C)Nc1ncnc(Cl)c1C=O. The molecule has 5 heteroatoms. The van der Waals surface area contributed by atoms with E-state index in [0.29, 0.717) is 12.1 Å². The Bertz CT molecular complexity index is 368. The van der Waals surface area contributed by atoms with Gasteiger partial charge in [0, 0.05) is 6.04 Å². The molecule has 1 aromatic rings. The van der Waals surface area contributed by atoms with Gasteiger partial charge in [-0.1, -0.05) is 17.7 Å². The highest BCUT2D eigenvalue weighted by Gasteiger charge is 2.10. The number of aldehydes is 1. The summed E-state index contributed by atoms with van der Waals surface area (Å²) in [6.07, 6.45) is 4.53. The topological polar surface area (TPSA) is 54.9 Å². The summed E-state index contributed by atoms with van der Waals surface area (Å²) in [5, 5.41) is 3.23. The van der Waals surface area contributed by atoms with E-state index in [2.05, 4.69) is 21.9 Å². The van der Waals surface area contributed by atoms with E-state index in [1.54, 1.807) is 6.08 Å². The van der Waals surface area contributed by atoms with E-state index in [0.717, 1.165) is 6.42 Å². The first-order valence-electron chi connectivity index (χ1n) is 4.52. The van der Waals surface area contributed by atoms with Gasteiger partial charge in [-0.25, -0.2) is 9.97 Å². The van der Waals surface area contributed by atoms with Crippen LogP contribution in [0.4, 0.5) is 5.82 Å². The molecule has 1 heterocycles. The summed E-state index contributed by atoms with van der Waals surface area (Å²) in [5.41, 5.74) is 0.287. The van der Waals surface area contributed by atoms with Crippen LogP contribution in [0.25, 0.3) is 0 Å². The summed E-state index contributed by atoms with van der Waals surface area (Å²) in [6.45, 7) is 5.60. The Hall–Kier alpha value is -1.42. The second kappa shape index (κ2) is 5.46. The van der Waals surface area contributed by atoms with Gasteiger partial charge >= 0.3 is 0 Å².